The molecule has 0 radical (unpaired) electrons. The zero-order chi connectivity index (χ0) is 15.4. The van der Waals surface area contributed by atoms with Gasteiger partial charge >= 0.3 is 17.6 Å². The average molecular weight is 285 g/mol. The summed E-state index contributed by atoms with van der Waals surface area (Å²) in [6.07, 6.45) is 0. The fourth-order valence-electron chi connectivity index (χ4n) is 1.53. The standard InChI is InChI=1S/C11H11NO8/c1-5(13)20-9-7(18-2)4-6(11(14)15)8(12(16)17)10(9)19-3/h4H,1-3H3,(H,14,15). The van der Waals surface area contributed by atoms with Crippen molar-refractivity contribution in [2.75, 3.05) is 14.2 Å². The smallest absolute Gasteiger partial charge is 0.343 e. The first-order valence-electron chi connectivity index (χ1n) is 5.18. The third-order valence-electron chi connectivity index (χ3n) is 2.26. The summed E-state index contributed by atoms with van der Waals surface area (Å²) in [5.74, 6) is -3.32. The van der Waals surface area contributed by atoms with Crippen LogP contribution >= 0.6 is 0 Å². The maximum absolute atomic E-state index is 11.1. The van der Waals surface area contributed by atoms with Crippen LogP contribution in [0, 0.1) is 10.1 Å². The molecular formula is C11H11NO8. The van der Waals surface area contributed by atoms with Crippen LogP contribution in [0.2, 0.25) is 0 Å². The number of carbonyl (C=O) groups is 2. The van der Waals surface area contributed by atoms with Crippen LogP contribution < -0.4 is 14.2 Å². The van der Waals surface area contributed by atoms with Gasteiger partial charge in [-0.25, -0.2) is 4.79 Å². The van der Waals surface area contributed by atoms with Crippen LogP contribution in [-0.4, -0.2) is 36.2 Å². The maximum atomic E-state index is 11.1. The van der Waals surface area contributed by atoms with Crippen molar-refractivity contribution >= 4 is 17.6 Å². The van der Waals surface area contributed by atoms with Gasteiger partial charge in [-0.1, -0.05) is 0 Å². The van der Waals surface area contributed by atoms with Gasteiger partial charge in [-0.2, -0.15) is 0 Å². The number of benzene rings is 1. The van der Waals surface area contributed by atoms with Crippen molar-refractivity contribution in [3.05, 3.63) is 21.7 Å². The Bertz CT molecular complexity index is 580. The van der Waals surface area contributed by atoms with Crippen molar-refractivity contribution in [1.82, 2.24) is 0 Å². The number of hydrogen-bond donors (Lipinski definition) is 1. The van der Waals surface area contributed by atoms with Gasteiger partial charge < -0.3 is 19.3 Å². The zero-order valence-electron chi connectivity index (χ0n) is 10.8. The van der Waals surface area contributed by atoms with Gasteiger partial charge in [0.2, 0.25) is 11.5 Å². The number of methoxy groups -OCH3 is 2. The highest BCUT2D eigenvalue weighted by molar-refractivity contribution is 5.96. The Kier molecular flexibility index (Phi) is 4.46. The second kappa shape index (κ2) is 5.87. The van der Waals surface area contributed by atoms with Crippen LogP contribution in [0.5, 0.6) is 17.2 Å². The van der Waals surface area contributed by atoms with Crippen LogP contribution in [0.3, 0.4) is 0 Å². The molecule has 0 spiro atoms. The molecule has 9 heteroatoms. The first kappa shape index (κ1) is 15.2. The number of ether oxygens (including phenoxy) is 3. The molecule has 9 nitrogen and oxygen atoms in total. The van der Waals surface area contributed by atoms with Gasteiger partial charge in [-0.05, 0) is 0 Å². The fraction of sp³-hybridized carbons (Fsp3) is 0.273. The van der Waals surface area contributed by atoms with E-state index in [-0.39, 0.29) is 11.5 Å². The molecule has 0 aliphatic carbocycles. The van der Waals surface area contributed by atoms with Gasteiger partial charge in [0.15, 0.2) is 5.75 Å². The largest absolute Gasteiger partial charge is 0.493 e. The maximum Gasteiger partial charge on any atom is 0.343 e. The van der Waals surface area contributed by atoms with E-state index in [1.807, 2.05) is 0 Å². The second-order valence-corrected chi connectivity index (χ2v) is 3.49. The summed E-state index contributed by atoms with van der Waals surface area (Å²) in [6.45, 7) is 1.08. The van der Waals surface area contributed by atoms with E-state index < -0.39 is 33.9 Å². The molecule has 0 fully saturated rings. The highest BCUT2D eigenvalue weighted by Gasteiger charge is 2.33. The Morgan fingerprint density at radius 1 is 1.25 bits per heavy atom. The minimum absolute atomic E-state index is 0.167. The molecule has 0 atom stereocenters. The third kappa shape index (κ3) is 2.76. The van der Waals surface area contributed by atoms with E-state index in [0.29, 0.717) is 0 Å². The summed E-state index contributed by atoms with van der Waals surface area (Å²) < 4.78 is 14.5. The van der Waals surface area contributed by atoms with Crippen molar-refractivity contribution in [2.45, 2.75) is 6.92 Å². The lowest BCUT2D eigenvalue weighted by molar-refractivity contribution is -0.386. The van der Waals surface area contributed by atoms with Crippen molar-refractivity contribution in [2.24, 2.45) is 0 Å². The normalized spacial score (nSPS) is 9.75. The first-order valence-corrected chi connectivity index (χ1v) is 5.18. The topological polar surface area (TPSA) is 125 Å². The van der Waals surface area contributed by atoms with E-state index in [1.54, 1.807) is 0 Å². The summed E-state index contributed by atoms with van der Waals surface area (Å²) in [7, 11) is 2.28. The van der Waals surface area contributed by atoms with E-state index in [0.717, 1.165) is 20.1 Å². The van der Waals surface area contributed by atoms with Crippen molar-refractivity contribution in [3.63, 3.8) is 0 Å². The fourth-order valence-corrected chi connectivity index (χ4v) is 1.53. The molecular weight excluding hydrogens is 274 g/mol. The average Bonchev–Trinajstić information content (AvgIpc) is 2.36. The number of carboxylic acid groups (broad SMARTS) is 1. The number of carbonyl (C=O) groups excluding carboxylic acids is 1. The molecule has 20 heavy (non-hydrogen) atoms. The summed E-state index contributed by atoms with van der Waals surface area (Å²) in [5.41, 5.74) is -1.46. The number of esters is 1. The van der Waals surface area contributed by atoms with Gasteiger partial charge in [0, 0.05) is 13.0 Å². The lowest BCUT2D eigenvalue weighted by Gasteiger charge is -2.13. The van der Waals surface area contributed by atoms with E-state index in [9.17, 15) is 19.7 Å². The Balaban J connectivity index is 3.75. The van der Waals surface area contributed by atoms with Gasteiger partial charge in [0.05, 0.1) is 19.1 Å². The molecule has 0 aliphatic heterocycles. The molecule has 0 bridgehead atoms. The lowest BCUT2D eigenvalue weighted by Crippen LogP contribution is -2.10. The molecule has 1 aromatic rings. The van der Waals surface area contributed by atoms with Crippen LogP contribution in [0.25, 0.3) is 0 Å². The van der Waals surface area contributed by atoms with E-state index in [4.69, 9.17) is 19.3 Å². The molecule has 0 saturated heterocycles. The lowest BCUT2D eigenvalue weighted by atomic mass is 10.1. The summed E-state index contributed by atoms with van der Waals surface area (Å²) in [5, 5.41) is 20.0. The predicted molar refractivity (Wildman–Crippen MR) is 64.5 cm³/mol. The first-order chi connectivity index (χ1) is 9.33. The molecule has 0 heterocycles. The Morgan fingerprint density at radius 2 is 1.85 bits per heavy atom. The van der Waals surface area contributed by atoms with E-state index in [1.165, 1.54) is 7.11 Å². The number of nitro groups is 1. The van der Waals surface area contributed by atoms with Gasteiger partial charge in [-0.3, -0.25) is 14.9 Å². The molecule has 1 aromatic carbocycles. The number of aromatic carboxylic acids is 1. The molecule has 0 saturated carbocycles. The van der Waals surface area contributed by atoms with Gasteiger partial charge in [-0.15, -0.1) is 0 Å². The molecule has 0 aliphatic rings. The summed E-state index contributed by atoms with van der Waals surface area (Å²) >= 11 is 0. The zero-order valence-corrected chi connectivity index (χ0v) is 10.8. The highest BCUT2D eigenvalue weighted by Crippen LogP contribution is 2.46. The number of carboxylic acids is 1. The van der Waals surface area contributed by atoms with Crippen LogP contribution in [-0.2, 0) is 4.79 Å². The molecule has 108 valence electrons. The number of nitrogens with zero attached hydrogens (tertiary/aromatic N) is 1. The molecule has 0 amide bonds. The van der Waals surface area contributed by atoms with E-state index >= 15 is 0 Å². The van der Waals surface area contributed by atoms with Crippen LogP contribution in [0.1, 0.15) is 17.3 Å². The van der Waals surface area contributed by atoms with E-state index in [2.05, 4.69) is 0 Å². The van der Waals surface area contributed by atoms with Crippen molar-refractivity contribution in [3.8, 4) is 17.2 Å². The minimum atomic E-state index is -1.54. The SMILES string of the molecule is COc1cc(C(=O)O)c([N+](=O)[O-])c(OC)c1OC(C)=O. The van der Waals surface area contributed by atoms with Crippen molar-refractivity contribution in [1.29, 1.82) is 0 Å². The Labute approximate surface area is 112 Å². The third-order valence-corrected chi connectivity index (χ3v) is 2.26. The predicted octanol–water partition coefficient (Wildman–Crippen LogP) is 1.24. The highest BCUT2D eigenvalue weighted by atomic mass is 16.6. The number of hydrogen-bond acceptors (Lipinski definition) is 7. The Morgan fingerprint density at radius 3 is 2.20 bits per heavy atom. The molecule has 1 N–H and O–H groups in total. The number of rotatable bonds is 5. The second-order valence-electron chi connectivity index (χ2n) is 3.49. The Hall–Kier alpha value is -2.84. The summed E-state index contributed by atoms with van der Waals surface area (Å²) in [6, 6.07) is 0.890. The monoisotopic (exact) mass is 285 g/mol. The quantitative estimate of drug-likeness (QED) is 0.370. The minimum Gasteiger partial charge on any atom is -0.493 e. The summed E-state index contributed by atoms with van der Waals surface area (Å²) in [4.78, 5) is 32.2. The van der Waals surface area contributed by atoms with Crippen molar-refractivity contribution < 1.29 is 33.8 Å². The van der Waals surface area contributed by atoms with Gasteiger partial charge in [0.25, 0.3) is 0 Å². The van der Waals surface area contributed by atoms with Crippen LogP contribution in [0.4, 0.5) is 5.69 Å². The number of nitro benzene ring substituents is 1. The molecule has 0 unspecified atom stereocenters. The van der Waals surface area contributed by atoms with Gasteiger partial charge in [0.1, 0.15) is 5.56 Å². The molecule has 1 rings (SSSR count). The molecule has 0 aromatic heterocycles. The van der Waals surface area contributed by atoms with Crippen LogP contribution in [0.15, 0.2) is 6.07 Å².